The van der Waals surface area contributed by atoms with Gasteiger partial charge in [-0.3, -0.25) is 9.59 Å². The lowest BCUT2D eigenvalue weighted by Crippen LogP contribution is -2.34. The molecule has 0 fully saturated rings. The van der Waals surface area contributed by atoms with Gasteiger partial charge in [0.1, 0.15) is 11.5 Å². The van der Waals surface area contributed by atoms with E-state index in [1.807, 2.05) is 18.2 Å². The fraction of sp³-hybridized carbons (Fsp3) is 0.130. The van der Waals surface area contributed by atoms with E-state index in [1.54, 1.807) is 48.5 Å². The molecule has 3 rings (SSSR count). The normalized spacial score (nSPS) is 10.9. The highest BCUT2D eigenvalue weighted by atomic mass is 32.2. The van der Waals surface area contributed by atoms with Gasteiger partial charge in [0, 0.05) is 31.3 Å². The second-order valence-corrected chi connectivity index (χ2v) is 8.57. The van der Waals surface area contributed by atoms with E-state index >= 15 is 0 Å². The van der Waals surface area contributed by atoms with Crippen LogP contribution in [0.3, 0.4) is 0 Å². The Morgan fingerprint density at radius 1 is 0.812 bits per heavy atom. The Balaban J connectivity index is 1.47. The number of anilines is 1. The first-order valence-corrected chi connectivity index (χ1v) is 11.3. The zero-order valence-corrected chi connectivity index (χ0v) is 18.2. The van der Waals surface area contributed by atoms with Crippen LogP contribution in [0.4, 0.5) is 5.69 Å². The van der Waals surface area contributed by atoms with Gasteiger partial charge in [0.05, 0.1) is 4.90 Å². The Kier molecular flexibility index (Phi) is 7.58. The Morgan fingerprint density at radius 3 is 2.06 bits per heavy atom. The molecule has 0 aliphatic heterocycles. The van der Waals surface area contributed by atoms with Gasteiger partial charge < -0.3 is 15.4 Å². The van der Waals surface area contributed by atoms with Crippen LogP contribution in [0.25, 0.3) is 0 Å². The number of nitrogens with one attached hydrogen (secondary N) is 3. The molecule has 0 aliphatic carbocycles. The molecule has 8 nitrogen and oxygen atoms in total. The molecule has 0 spiro atoms. The Labute approximate surface area is 186 Å². The van der Waals surface area contributed by atoms with Crippen molar-refractivity contribution >= 4 is 27.5 Å². The number of carbonyl (C=O) groups is 2. The summed E-state index contributed by atoms with van der Waals surface area (Å²) in [7, 11) is -3.73. The second-order valence-electron chi connectivity index (χ2n) is 6.80. The van der Waals surface area contributed by atoms with E-state index < -0.39 is 10.0 Å². The van der Waals surface area contributed by atoms with Gasteiger partial charge in [-0.2, -0.15) is 0 Å². The van der Waals surface area contributed by atoms with Gasteiger partial charge in [-0.1, -0.05) is 18.2 Å². The fourth-order valence-electron chi connectivity index (χ4n) is 2.77. The Bertz CT molecular complexity index is 1160. The summed E-state index contributed by atoms with van der Waals surface area (Å²) in [5.41, 5.74) is 0.984. The first-order chi connectivity index (χ1) is 15.3. The van der Waals surface area contributed by atoms with Gasteiger partial charge in [0.2, 0.25) is 15.9 Å². The molecule has 0 aromatic heterocycles. The van der Waals surface area contributed by atoms with Gasteiger partial charge in [0.15, 0.2) is 0 Å². The lowest BCUT2D eigenvalue weighted by molar-refractivity contribution is -0.114. The minimum Gasteiger partial charge on any atom is -0.457 e. The zero-order valence-electron chi connectivity index (χ0n) is 17.4. The number of para-hydroxylation sites is 1. The molecule has 3 aromatic carbocycles. The number of benzene rings is 3. The topological polar surface area (TPSA) is 114 Å². The second kappa shape index (κ2) is 10.6. The van der Waals surface area contributed by atoms with E-state index in [9.17, 15) is 18.0 Å². The molecule has 0 heterocycles. The minimum atomic E-state index is -3.73. The summed E-state index contributed by atoms with van der Waals surface area (Å²) in [4.78, 5) is 23.3. The van der Waals surface area contributed by atoms with Crippen LogP contribution in [0.15, 0.2) is 83.8 Å². The molecule has 0 radical (unpaired) electrons. The summed E-state index contributed by atoms with van der Waals surface area (Å²) in [5, 5.41) is 5.26. The van der Waals surface area contributed by atoms with Crippen molar-refractivity contribution < 1.29 is 22.7 Å². The summed E-state index contributed by atoms with van der Waals surface area (Å²) in [6.45, 7) is 1.54. The highest BCUT2D eigenvalue weighted by Gasteiger charge is 2.14. The number of hydrogen-bond donors (Lipinski definition) is 3. The molecule has 0 aliphatic rings. The molecule has 3 N–H and O–H groups in total. The average Bonchev–Trinajstić information content (AvgIpc) is 2.78. The molecule has 0 saturated heterocycles. The highest BCUT2D eigenvalue weighted by molar-refractivity contribution is 7.89. The van der Waals surface area contributed by atoms with Gasteiger partial charge in [-0.05, 0) is 60.7 Å². The van der Waals surface area contributed by atoms with E-state index in [2.05, 4.69) is 15.4 Å². The van der Waals surface area contributed by atoms with Gasteiger partial charge >= 0.3 is 0 Å². The lowest BCUT2D eigenvalue weighted by atomic mass is 10.2. The predicted molar refractivity (Wildman–Crippen MR) is 121 cm³/mol. The van der Waals surface area contributed by atoms with Crippen molar-refractivity contribution in [3.8, 4) is 11.5 Å². The van der Waals surface area contributed by atoms with Gasteiger partial charge in [0.25, 0.3) is 5.91 Å². The molecule has 9 heteroatoms. The average molecular weight is 454 g/mol. The molecule has 2 amide bonds. The lowest BCUT2D eigenvalue weighted by Gasteiger charge is -2.10. The minimum absolute atomic E-state index is 0.0281. The zero-order chi connectivity index (χ0) is 23.0. The summed E-state index contributed by atoms with van der Waals surface area (Å²) in [6.07, 6.45) is 0. The van der Waals surface area contributed by atoms with E-state index in [0.29, 0.717) is 22.7 Å². The van der Waals surface area contributed by atoms with Crippen LogP contribution in [-0.2, 0) is 14.8 Å². The molecule has 0 atom stereocenters. The van der Waals surface area contributed by atoms with E-state index in [1.165, 1.54) is 19.1 Å². The molecule has 0 bridgehead atoms. The van der Waals surface area contributed by atoms with Crippen LogP contribution in [-0.4, -0.2) is 33.3 Å². The molecular formula is C23H23N3O5S. The monoisotopic (exact) mass is 453 g/mol. The van der Waals surface area contributed by atoms with Crippen molar-refractivity contribution in [1.29, 1.82) is 0 Å². The maximum Gasteiger partial charge on any atom is 0.251 e. The maximum absolute atomic E-state index is 12.4. The molecule has 3 aromatic rings. The van der Waals surface area contributed by atoms with Crippen LogP contribution in [0.5, 0.6) is 11.5 Å². The number of rotatable bonds is 9. The van der Waals surface area contributed by atoms with E-state index in [-0.39, 0.29) is 29.8 Å². The van der Waals surface area contributed by atoms with E-state index in [0.717, 1.165) is 0 Å². The van der Waals surface area contributed by atoms with Crippen LogP contribution >= 0.6 is 0 Å². The third-order valence-electron chi connectivity index (χ3n) is 4.28. The van der Waals surface area contributed by atoms with Crippen molar-refractivity contribution in [2.45, 2.75) is 11.8 Å². The largest absolute Gasteiger partial charge is 0.457 e. The quantitative estimate of drug-likeness (QED) is 0.431. The Hall–Kier alpha value is -3.69. The van der Waals surface area contributed by atoms with Crippen LogP contribution in [0.1, 0.15) is 17.3 Å². The number of amides is 2. The summed E-state index contributed by atoms with van der Waals surface area (Å²) in [6, 6.07) is 21.6. The molecule has 166 valence electrons. The highest BCUT2D eigenvalue weighted by Crippen LogP contribution is 2.22. The molecular weight excluding hydrogens is 430 g/mol. The standard InChI is InChI=1S/C23H23N3O5S/c1-17(27)26-19-9-7-18(8-10-19)23(28)24-15-16-25-32(29,30)22-13-11-21(12-14-22)31-20-5-3-2-4-6-20/h2-14,25H,15-16H2,1H3,(H,24,28)(H,26,27). The maximum atomic E-state index is 12.4. The number of carbonyl (C=O) groups excluding carboxylic acids is 2. The van der Waals surface area contributed by atoms with Crippen LogP contribution in [0, 0.1) is 0 Å². The third-order valence-corrected chi connectivity index (χ3v) is 5.76. The number of sulfonamides is 1. The first kappa shape index (κ1) is 23.0. The molecule has 32 heavy (non-hydrogen) atoms. The van der Waals surface area contributed by atoms with Crippen molar-refractivity contribution in [2.75, 3.05) is 18.4 Å². The summed E-state index contributed by atoms with van der Waals surface area (Å²) >= 11 is 0. The third kappa shape index (κ3) is 6.66. The van der Waals surface area contributed by atoms with E-state index in [4.69, 9.17) is 4.74 Å². The van der Waals surface area contributed by atoms with Crippen molar-refractivity contribution in [1.82, 2.24) is 10.0 Å². The summed E-state index contributed by atoms with van der Waals surface area (Å²) < 4.78 is 33.0. The number of ether oxygens (including phenoxy) is 1. The first-order valence-electron chi connectivity index (χ1n) is 9.82. The Morgan fingerprint density at radius 2 is 1.44 bits per heavy atom. The molecule has 0 unspecified atom stereocenters. The predicted octanol–water partition coefficient (Wildman–Crippen LogP) is 3.15. The molecule has 0 saturated carbocycles. The van der Waals surface area contributed by atoms with Gasteiger partial charge in [-0.25, -0.2) is 13.1 Å². The van der Waals surface area contributed by atoms with Crippen molar-refractivity contribution in [2.24, 2.45) is 0 Å². The fourth-order valence-corrected chi connectivity index (χ4v) is 3.80. The van der Waals surface area contributed by atoms with Crippen LogP contribution in [0.2, 0.25) is 0 Å². The van der Waals surface area contributed by atoms with Crippen molar-refractivity contribution in [3.63, 3.8) is 0 Å². The van der Waals surface area contributed by atoms with Gasteiger partial charge in [-0.15, -0.1) is 0 Å². The summed E-state index contributed by atoms with van der Waals surface area (Å²) in [5.74, 6) is 0.627. The SMILES string of the molecule is CC(=O)Nc1ccc(C(=O)NCCNS(=O)(=O)c2ccc(Oc3ccccc3)cc2)cc1. The number of hydrogen-bond acceptors (Lipinski definition) is 5. The smallest absolute Gasteiger partial charge is 0.251 e. The van der Waals surface area contributed by atoms with Crippen LogP contribution < -0.4 is 20.1 Å². The van der Waals surface area contributed by atoms with Crippen molar-refractivity contribution in [3.05, 3.63) is 84.4 Å².